The van der Waals surface area contributed by atoms with E-state index in [2.05, 4.69) is 20.3 Å². The van der Waals surface area contributed by atoms with Gasteiger partial charge in [0.05, 0.1) is 10.9 Å². The van der Waals surface area contributed by atoms with Crippen molar-refractivity contribution >= 4 is 32.7 Å². The van der Waals surface area contributed by atoms with Crippen molar-refractivity contribution in [3.05, 3.63) is 43.1 Å². The lowest BCUT2D eigenvalue weighted by atomic mass is 10.2. The van der Waals surface area contributed by atoms with E-state index in [1.54, 1.807) is 19.1 Å². The fraction of sp³-hybridized carbons (Fsp3) is 0.182. The lowest BCUT2D eigenvalue weighted by molar-refractivity contribution is -0.118. The van der Waals surface area contributed by atoms with Gasteiger partial charge in [-0.2, -0.15) is 0 Å². The second-order valence-corrected chi connectivity index (χ2v) is 4.71. The average Bonchev–Trinajstić information content (AvgIpc) is 2.23. The molecule has 1 aromatic heterocycles. The maximum atomic E-state index is 11.6. The summed E-state index contributed by atoms with van der Waals surface area (Å²) in [5.74, 6) is -1.60. The Morgan fingerprint density at radius 1 is 1.44 bits per heavy atom. The van der Waals surface area contributed by atoms with Gasteiger partial charge in [-0.05, 0) is 40.5 Å². The van der Waals surface area contributed by atoms with Gasteiger partial charge in [-0.15, -0.1) is 0 Å². The molecule has 1 heterocycles. The molecule has 0 fully saturated rings. The predicted molar refractivity (Wildman–Crippen MR) is 68.4 cm³/mol. The summed E-state index contributed by atoms with van der Waals surface area (Å²) < 4.78 is 6.12. The van der Waals surface area contributed by atoms with Crippen molar-refractivity contribution in [2.24, 2.45) is 5.73 Å². The third-order valence-electron chi connectivity index (χ3n) is 2.41. The van der Waals surface area contributed by atoms with Crippen LogP contribution in [-0.2, 0) is 11.3 Å². The predicted octanol–water partition coefficient (Wildman–Crippen LogP) is 0.511. The van der Waals surface area contributed by atoms with Gasteiger partial charge in [0.1, 0.15) is 6.54 Å². The lowest BCUT2D eigenvalue weighted by Crippen LogP contribution is -2.30. The molecule has 7 heteroatoms. The van der Waals surface area contributed by atoms with Crippen molar-refractivity contribution in [3.8, 4) is 0 Å². The van der Waals surface area contributed by atoms with Gasteiger partial charge in [-0.25, -0.2) is 9.59 Å². The van der Waals surface area contributed by atoms with E-state index in [0.717, 1.165) is 10.1 Å². The van der Waals surface area contributed by atoms with Gasteiger partial charge in [0.15, 0.2) is 0 Å². The molecule has 0 unspecified atom stereocenters. The molecule has 94 valence electrons. The smallest absolute Gasteiger partial charge is 0.372 e. The Morgan fingerprint density at radius 2 is 2.11 bits per heavy atom. The number of hydrogen-bond acceptors (Lipinski definition) is 4. The van der Waals surface area contributed by atoms with E-state index in [9.17, 15) is 14.4 Å². The number of aryl methyl sites for hydroxylation is 1. The molecule has 18 heavy (non-hydrogen) atoms. The van der Waals surface area contributed by atoms with Crippen LogP contribution in [0.2, 0.25) is 0 Å². The molecule has 2 aromatic rings. The van der Waals surface area contributed by atoms with Crippen LogP contribution >= 0.6 is 15.9 Å². The van der Waals surface area contributed by atoms with E-state index in [1.165, 1.54) is 0 Å². The average molecular weight is 313 g/mol. The maximum absolute atomic E-state index is 11.6. The molecule has 0 atom stereocenters. The van der Waals surface area contributed by atoms with Crippen LogP contribution in [0.1, 0.15) is 5.56 Å². The summed E-state index contributed by atoms with van der Waals surface area (Å²) in [4.78, 5) is 34.2. The van der Waals surface area contributed by atoms with Crippen LogP contribution in [0.4, 0.5) is 0 Å². The van der Waals surface area contributed by atoms with Crippen molar-refractivity contribution in [2.75, 3.05) is 0 Å². The summed E-state index contributed by atoms with van der Waals surface area (Å²) in [6, 6.07) is 3.32. The minimum Gasteiger partial charge on any atom is -0.372 e. The number of halogens is 1. The molecule has 0 spiro atoms. The minimum absolute atomic E-state index is 0.225. The highest BCUT2D eigenvalue weighted by atomic mass is 79.9. The number of primary amides is 1. The summed E-state index contributed by atoms with van der Waals surface area (Å²) >= 11 is 3.26. The molecule has 0 aliphatic heterocycles. The zero-order valence-corrected chi connectivity index (χ0v) is 11.0. The van der Waals surface area contributed by atoms with E-state index in [0.29, 0.717) is 9.99 Å². The first kappa shape index (κ1) is 12.6. The van der Waals surface area contributed by atoms with Gasteiger partial charge in [0, 0.05) is 4.47 Å². The Morgan fingerprint density at radius 3 is 2.72 bits per heavy atom. The number of benzene rings is 1. The zero-order valence-electron chi connectivity index (χ0n) is 9.40. The lowest BCUT2D eigenvalue weighted by Gasteiger charge is -2.08. The van der Waals surface area contributed by atoms with Gasteiger partial charge >= 0.3 is 11.4 Å². The number of nitrogens with zero attached hydrogens (tertiary/aromatic N) is 1. The Bertz CT molecular complexity index is 760. The number of amides is 1. The number of carbonyl (C=O) groups excluding carboxylic acids is 1. The molecule has 0 saturated heterocycles. The third-order valence-corrected chi connectivity index (χ3v) is 3.02. The molecular formula is C11H9BrN2O4. The van der Waals surface area contributed by atoms with E-state index in [4.69, 9.17) is 5.73 Å². The summed E-state index contributed by atoms with van der Waals surface area (Å²) in [7, 11) is 0. The van der Waals surface area contributed by atoms with Crippen LogP contribution < -0.4 is 17.1 Å². The molecular weight excluding hydrogens is 304 g/mol. The van der Waals surface area contributed by atoms with Crippen molar-refractivity contribution in [2.45, 2.75) is 13.5 Å². The van der Waals surface area contributed by atoms with Crippen molar-refractivity contribution in [1.29, 1.82) is 0 Å². The van der Waals surface area contributed by atoms with E-state index in [1.807, 2.05) is 0 Å². The molecule has 1 amide bonds. The number of rotatable bonds is 2. The molecule has 0 aliphatic carbocycles. The highest BCUT2D eigenvalue weighted by molar-refractivity contribution is 9.10. The fourth-order valence-corrected chi connectivity index (χ4v) is 2.53. The van der Waals surface area contributed by atoms with Crippen LogP contribution in [0, 0.1) is 6.92 Å². The van der Waals surface area contributed by atoms with E-state index in [-0.39, 0.29) is 11.9 Å². The second kappa shape index (κ2) is 4.41. The molecule has 1 aromatic carbocycles. The summed E-state index contributed by atoms with van der Waals surface area (Å²) in [6.07, 6.45) is 0. The first-order chi connectivity index (χ1) is 8.40. The Labute approximate surface area is 109 Å². The molecule has 0 bridgehead atoms. The monoisotopic (exact) mass is 312 g/mol. The second-order valence-electron chi connectivity index (χ2n) is 3.85. The normalized spacial score (nSPS) is 10.8. The Hall–Kier alpha value is -1.89. The van der Waals surface area contributed by atoms with Gasteiger partial charge in [-0.1, -0.05) is 0 Å². The topological polar surface area (TPSA) is 95.3 Å². The van der Waals surface area contributed by atoms with Crippen molar-refractivity contribution in [1.82, 2.24) is 4.57 Å². The largest absolute Gasteiger partial charge is 0.422 e. The highest BCUT2D eigenvalue weighted by Gasteiger charge is 2.14. The molecule has 0 radical (unpaired) electrons. The number of fused-ring (bicyclic) bond motifs is 1. The standard InChI is InChI=1S/C11H9BrN2O4/c1-5-2-6-9(7(12)3-5)14(4-8(13)15)11(17)18-10(6)16/h2-3H,4H2,1H3,(H2,13,15). The molecule has 0 saturated carbocycles. The third kappa shape index (κ3) is 2.08. The molecule has 0 aliphatic rings. The first-order valence-electron chi connectivity index (χ1n) is 5.02. The van der Waals surface area contributed by atoms with Crippen molar-refractivity contribution < 1.29 is 9.21 Å². The fourth-order valence-electron chi connectivity index (χ4n) is 1.74. The summed E-state index contributed by atoms with van der Waals surface area (Å²) in [6.45, 7) is 1.45. The van der Waals surface area contributed by atoms with Gasteiger partial charge in [-0.3, -0.25) is 9.36 Å². The molecule has 2 rings (SSSR count). The Balaban J connectivity index is 2.98. The van der Waals surface area contributed by atoms with Crippen LogP contribution in [-0.4, -0.2) is 10.5 Å². The quantitative estimate of drug-likeness (QED) is 0.874. The minimum atomic E-state index is -0.907. The van der Waals surface area contributed by atoms with Crippen LogP contribution in [0.3, 0.4) is 0 Å². The van der Waals surface area contributed by atoms with E-state index < -0.39 is 17.3 Å². The van der Waals surface area contributed by atoms with Gasteiger partial charge < -0.3 is 10.2 Å². The van der Waals surface area contributed by atoms with E-state index >= 15 is 0 Å². The zero-order chi connectivity index (χ0) is 13.4. The number of hydrogen-bond donors (Lipinski definition) is 1. The van der Waals surface area contributed by atoms with Gasteiger partial charge in [0.2, 0.25) is 5.91 Å². The van der Waals surface area contributed by atoms with Crippen LogP contribution in [0.15, 0.2) is 30.6 Å². The highest BCUT2D eigenvalue weighted by Crippen LogP contribution is 2.22. The van der Waals surface area contributed by atoms with Crippen LogP contribution in [0.5, 0.6) is 0 Å². The number of carbonyl (C=O) groups is 1. The van der Waals surface area contributed by atoms with Crippen molar-refractivity contribution in [3.63, 3.8) is 0 Å². The summed E-state index contributed by atoms with van der Waals surface area (Å²) in [5.41, 5.74) is 5.46. The van der Waals surface area contributed by atoms with Gasteiger partial charge in [0.25, 0.3) is 0 Å². The number of aromatic nitrogens is 1. The first-order valence-corrected chi connectivity index (χ1v) is 5.81. The molecule has 2 N–H and O–H groups in total. The summed E-state index contributed by atoms with van der Waals surface area (Å²) in [5, 5.41) is 0.225. The molecule has 6 nitrogen and oxygen atoms in total. The SMILES string of the molecule is Cc1cc(Br)c2c(c1)c(=O)oc(=O)n2CC(N)=O. The maximum Gasteiger partial charge on any atom is 0.422 e. The van der Waals surface area contributed by atoms with Crippen LogP contribution in [0.25, 0.3) is 10.9 Å². The Kier molecular flexibility index (Phi) is 3.08. The number of nitrogens with two attached hydrogens (primary N) is 1.